The standard InChI is InChI=1S/C19H26FN3O4/c1-18(2,3)16(25)23-10-13(22-17(26)27-19(4,5)6)15(24)21-12-9-11(20)7-8-14(12)23/h7-9,13H,10H2,1-6H3,(H,21,24)(H,22,26). The summed E-state index contributed by atoms with van der Waals surface area (Å²) in [5, 5.41) is 5.06. The molecule has 0 bridgehead atoms. The Balaban J connectivity index is 2.37. The van der Waals surface area contributed by atoms with Gasteiger partial charge < -0.3 is 20.3 Å². The molecule has 0 spiro atoms. The van der Waals surface area contributed by atoms with Crippen molar-refractivity contribution < 1.29 is 23.5 Å². The second-order valence-electron chi connectivity index (χ2n) is 8.52. The second-order valence-corrected chi connectivity index (χ2v) is 8.52. The highest BCUT2D eigenvalue weighted by molar-refractivity contribution is 6.07. The van der Waals surface area contributed by atoms with E-state index in [4.69, 9.17) is 4.74 Å². The average molecular weight is 379 g/mol. The molecule has 2 rings (SSSR count). The van der Waals surface area contributed by atoms with Crippen molar-refractivity contribution in [2.45, 2.75) is 53.2 Å². The predicted octanol–water partition coefficient (Wildman–Crippen LogP) is 3.05. The monoisotopic (exact) mass is 379 g/mol. The number of amides is 3. The van der Waals surface area contributed by atoms with E-state index in [2.05, 4.69) is 10.6 Å². The van der Waals surface area contributed by atoms with E-state index in [-0.39, 0.29) is 18.1 Å². The lowest BCUT2D eigenvalue weighted by Crippen LogP contribution is -2.52. The van der Waals surface area contributed by atoms with Gasteiger partial charge in [0, 0.05) is 5.41 Å². The minimum absolute atomic E-state index is 0.0974. The number of carbonyl (C=O) groups is 3. The molecule has 2 N–H and O–H groups in total. The van der Waals surface area contributed by atoms with Crippen LogP contribution in [-0.2, 0) is 14.3 Å². The van der Waals surface area contributed by atoms with E-state index < -0.39 is 34.9 Å². The van der Waals surface area contributed by atoms with Gasteiger partial charge in [0.05, 0.1) is 17.9 Å². The Morgan fingerprint density at radius 2 is 1.85 bits per heavy atom. The van der Waals surface area contributed by atoms with Crippen LogP contribution in [0.4, 0.5) is 20.6 Å². The number of hydrogen-bond acceptors (Lipinski definition) is 4. The molecule has 8 heteroatoms. The molecule has 148 valence electrons. The first kappa shape index (κ1) is 20.7. The summed E-state index contributed by atoms with van der Waals surface area (Å²) in [6, 6.07) is 2.74. The van der Waals surface area contributed by atoms with E-state index in [0.29, 0.717) is 5.69 Å². The highest BCUT2D eigenvalue weighted by Crippen LogP contribution is 2.32. The minimum Gasteiger partial charge on any atom is -0.444 e. The van der Waals surface area contributed by atoms with Crippen molar-refractivity contribution >= 4 is 29.3 Å². The number of anilines is 2. The Kier molecular flexibility index (Phi) is 5.49. The molecule has 1 heterocycles. The molecule has 27 heavy (non-hydrogen) atoms. The first-order valence-corrected chi connectivity index (χ1v) is 8.70. The van der Waals surface area contributed by atoms with Crippen molar-refractivity contribution in [3.8, 4) is 0 Å². The number of benzene rings is 1. The number of fused-ring (bicyclic) bond motifs is 1. The number of alkyl carbamates (subject to hydrolysis) is 1. The van der Waals surface area contributed by atoms with E-state index in [1.54, 1.807) is 41.5 Å². The fourth-order valence-corrected chi connectivity index (χ4v) is 2.59. The van der Waals surface area contributed by atoms with Crippen molar-refractivity contribution in [3.05, 3.63) is 24.0 Å². The van der Waals surface area contributed by atoms with Gasteiger partial charge in [-0.1, -0.05) is 20.8 Å². The fraction of sp³-hybridized carbons (Fsp3) is 0.526. The maximum absolute atomic E-state index is 13.7. The molecule has 0 saturated carbocycles. The normalized spacial score (nSPS) is 17.5. The van der Waals surface area contributed by atoms with Gasteiger partial charge in [-0.2, -0.15) is 0 Å². The summed E-state index contributed by atoms with van der Waals surface area (Å²) >= 11 is 0. The summed E-state index contributed by atoms with van der Waals surface area (Å²) in [6.07, 6.45) is -0.775. The topological polar surface area (TPSA) is 87.7 Å². The van der Waals surface area contributed by atoms with E-state index in [0.717, 1.165) is 6.07 Å². The first-order valence-electron chi connectivity index (χ1n) is 8.70. The van der Waals surface area contributed by atoms with Crippen molar-refractivity contribution in [2.75, 3.05) is 16.8 Å². The molecule has 1 aromatic rings. The van der Waals surface area contributed by atoms with Crippen LogP contribution in [0.3, 0.4) is 0 Å². The third-order valence-electron chi connectivity index (χ3n) is 3.77. The van der Waals surface area contributed by atoms with E-state index in [1.165, 1.54) is 17.0 Å². The highest BCUT2D eigenvalue weighted by Gasteiger charge is 2.37. The molecule has 0 aromatic heterocycles. The third kappa shape index (κ3) is 5.18. The van der Waals surface area contributed by atoms with Crippen LogP contribution in [0, 0.1) is 11.2 Å². The molecule has 0 fully saturated rings. The van der Waals surface area contributed by atoms with Crippen LogP contribution in [0.15, 0.2) is 18.2 Å². The van der Waals surface area contributed by atoms with E-state index in [1.807, 2.05) is 0 Å². The first-order chi connectivity index (χ1) is 12.3. The van der Waals surface area contributed by atoms with Crippen molar-refractivity contribution in [3.63, 3.8) is 0 Å². The smallest absolute Gasteiger partial charge is 0.408 e. The summed E-state index contributed by atoms with van der Waals surface area (Å²) in [6.45, 7) is 10.2. The number of nitrogens with one attached hydrogen (secondary N) is 2. The molecule has 1 aliphatic heterocycles. The molecule has 0 radical (unpaired) electrons. The number of halogens is 1. The molecule has 0 saturated heterocycles. The quantitative estimate of drug-likeness (QED) is 0.785. The van der Waals surface area contributed by atoms with E-state index >= 15 is 0 Å². The molecule has 1 aromatic carbocycles. The summed E-state index contributed by atoms with van der Waals surface area (Å²) in [7, 11) is 0. The van der Waals surface area contributed by atoms with Gasteiger partial charge in [0.25, 0.3) is 0 Å². The lowest BCUT2D eigenvalue weighted by molar-refractivity contribution is -0.126. The zero-order valence-corrected chi connectivity index (χ0v) is 16.5. The average Bonchev–Trinajstić information content (AvgIpc) is 2.60. The van der Waals surface area contributed by atoms with Gasteiger partial charge in [0.15, 0.2) is 0 Å². The minimum atomic E-state index is -1.05. The Bertz CT molecular complexity index is 765. The Hall–Kier alpha value is -2.64. The van der Waals surface area contributed by atoms with Crippen LogP contribution in [0.5, 0.6) is 0 Å². The van der Waals surface area contributed by atoms with Crippen molar-refractivity contribution in [1.82, 2.24) is 5.32 Å². The largest absolute Gasteiger partial charge is 0.444 e. The Labute approximate surface area is 158 Å². The number of rotatable bonds is 1. The second kappa shape index (κ2) is 7.17. The van der Waals surface area contributed by atoms with Crippen LogP contribution in [0.25, 0.3) is 0 Å². The molecule has 7 nitrogen and oxygen atoms in total. The van der Waals surface area contributed by atoms with Gasteiger partial charge in [-0.25, -0.2) is 9.18 Å². The van der Waals surface area contributed by atoms with Gasteiger partial charge in [-0.05, 0) is 39.0 Å². The molecule has 0 aliphatic carbocycles. The predicted molar refractivity (Wildman–Crippen MR) is 100.0 cm³/mol. The Morgan fingerprint density at radius 1 is 1.22 bits per heavy atom. The van der Waals surface area contributed by atoms with Crippen LogP contribution in [0.2, 0.25) is 0 Å². The maximum atomic E-state index is 13.7. The maximum Gasteiger partial charge on any atom is 0.408 e. The molecule has 1 aliphatic rings. The van der Waals surface area contributed by atoms with Crippen LogP contribution >= 0.6 is 0 Å². The van der Waals surface area contributed by atoms with Gasteiger partial charge in [0.2, 0.25) is 11.8 Å². The zero-order valence-electron chi connectivity index (χ0n) is 16.5. The lowest BCUT2D eigenvalue weighted by atomic mass is 9.94. The van der Waals surface area contributed by atoms with Gasteiger partial charge in [-0.15, -0.1) is 0 Å². The molecule has 3 amide bonds. The Morgan fingerprint density at radius 3 is 2.41 bits per heavy atom. The van der Waals surface area contributed by atoms with Crippen LogP contribution in [-0.4, -0.2) is 36.1 Å². The highest BCUT2D eigenvalue weighted by atomic mass is 19.1. The summed E-state index contributed by atoms with van der Waals surface area (Å²) < 4.78 is 18.9. The fourth-order valence-electron chi connectivity index (χ4n) is 2.59. The zero-order chi connectivity index (χ0) is 20.6. The number of hydrogen-bond donors (Lipinski definition) is 2. The van der Waals surface area contributed by atoms with Crippen molar-refractivity contribution in [1.29, 1.82) is 0 Å². The van der Waals surface area contributed by atoms with Gasteiger partial charge in [0.1, 0.15) is 17.5 Å². The van der Waals surface area contributed by atoms with Crippen molar-refractivity contribution in [2.24, 2.45) is 5.41 Å². The molecular weight excluding hydrogens is 353 g/mol. The number of carbonyl (C=O) groups excluding carboxylic acids is 3. The summed E-state index contributed by atoms with van der Waals surface area (Å²) in [5.74, 6) is -1.37. The lowest BCUT2D eigenvalue weighted by Gasteiger charge is -2.31. The van der Waals surface area contributed by atoms with Crippen LogP contribution < -0.4 is 15.5 Å². The number of nitrogens with zero attached hydrogens (tertiary/aromatic N) is 1. The summed E-state index contributed by atoms with van der Waals surface area (Å²) in [4.78, 5) is 39.0. The SMILES string of the molecule is CC(C)(C)OC(=O)NC1CN(C(=O)C(C)(C)C)c2ccc(F)cc2NC1=O. The third-order valence-corrected chi connectivity index (χ3v) is 3.77. The van der Waals surface area contributed by atoms with Gasteiger partial charge >= 0.3 is 6.09 Å². The summed E-state index contributed by atoms with van der Waals surface area (Å²) in [5.41, 5.74) is -0.933. The molecule has 1 atom stereocenters. The molecular formula is C19H26FN3O4. The molecule has 1 unspecified atom stereocenters. The van der Waals surface area contributed by atoms with Gasteiger partial charge in [-0.3, -0.25) is 9.59 Å². The van der Waals surface area contributed by atoms with Crippen LogP contribution in [0.1, 0.15) is 41.5 Å². The number of ether oxygens (including phenoxy) is 1. The van der Waals surface area contributed by atoms with E-state index in [9.17, 15) is 18.8 Å².